The molecule has 1 aliphatic heterocycles. The Kier molecular flexibility index (Phi) is 0.817. The SMILES string of the molecule is CC1ON=CC1=O. The van der Waals surface area contributed by atoms with Crippen LogP contribution in [0.15, 0.2) is 5.16 Å². The molecule has 3 nitrogen and oxygen atoms in total. The Morgan fingerprint density at radius 1 is 2.00 bits per heavy atom. The zero-order valence-electron chi connectivity index (χ0n) is 3.92. The van der Waals surface area contributed by atoms with E-state index in [4.69, 9.17) is 0 Å². The number of oxime groups is 1. The van der Waals surface area contributed by atoms with Gasteiger partial charge in [-0.2, -0.15) is 0 Å². The van der Waals surface area contributed by atoms with Gasteiger partial charge in [-0.3, -0.25) is 4.79 Å². The molecule has 0 bridgehead atoms. The average molecular weight is 99.1 g/mol. The summed E-state index contributed by atoms with van der Waals surface area (Å²) < 4.78 is 0. The van der Waals surface area contributed by atoms with Gasteiger partial charge in [-0.25, -0.2) is 0 Å². The Hall–Kier alpha value is -0.860. The summed E-state index contributed by atoms with van der Waals surface area (Å²) in [5.41, 5.74) is 0. The van der Waals surface area contributed by atoms with Gasteiger partial charge in [0, 0.05) is 0 Å². The molecule has 0 aromatic heterocycles. The second-order valence-corrected chi connectivity index (χ2v) is 1.38. The Bertz CT molecular complexity index is 119. The van der Waals surface area contributed by atoms with Gasteiger partial charge in [-0.05, 0) is 6.92 Å². The molecule has 7 heavy (non-hydrogen) atoms. The minimum absolute atomic E-state index is 0.0556. The lowest BCUT2D eigenvalue weighted by Gasteiger charge is -1.92. The molecule has 1 unspecified atom stereocenters. The van der Waals surface area contributed by atoms with Crippen molar-refractivity contribution >= 4 is 12.0 Å². The minimum atomic E-state index is -0.347. The highest BCUT2D eigenvalue weighted by Gasteiger charge is 2.16. The van der Waals surface area contributed by atoms with Gasteiger partial charge in [-0.1, -0.05) is 5.16 Å². The number of nitrogens with zero attached hydrogens (tertiary/aromatic N) is 1. The van der Waals surface area contributed by atoms with Crippen molar-refractivity contribution in [3.8, 4) is 0 Å². The smallest absolute Gasteiger partial charge is 0.220 e. The molecule has 1 heterocycles. The van der Waals surface area contributed by atoms with Gasteiger partial charge < -0.3 is 4.84 Å². The molecule has 0 aromatic rings. The van der Waals surface area contributed by atoms with Gasteiger partial charge in [0.1, 0.15) is 6.21 Å². The van der Waals surface area contributed by atoms with Crippen LogP contribution in [0.25, 0.3) is 0 Å². The third-order valence-corrected chi connectivity index (χ3v) is 0.800. The topological polar surface area (TPSA) is 38.7 Å². The predicted molar refractivity (Wildman–Crippen MR) is 24.0 cm³/mol. The van der Waals surface area contributed by atoms with Crippen molar-refractivity contribution in [2.24, 2.45) is 5.16 Å². The Balaban J connectivity index is 2.62. The van der Waals surface area contributed by atoms with Crippen LogP contribution < -0.4 is 0 Å². The van der Waals surface area contributed by atoms with Crippen LogP contribution in [0, 0.1) is 0 Å². The van der Waals surface area contributed by atoms with E-state index in [0.29, 0.717) is 0 Å². The maximum atomic E-state index is 10.3. The number of Topliss-reactive ketones (excluding diaryl/α,β-unsaturated/α-hetero) is 1. The zero-order valence-corrected chi connectivity index (χ0v) is 3.92. The molecule has 3 heteroatoms. The van der Waals surface area contributed by atoms with Gasteiger partial charge in [0.15, 0.2) is 6.10 Å². The standard InChI is InChI=1S/C4H5NO2/c1-3-4(6)2-5-7-3/h2-3H,1H3. The van der Waals surface area contributed by atoms with Crippen molar-refractivity contribution in [2.45, 2.75) is 13.0 Å². The van der Waals surface area contributed by atoms with E-state index in [9.17, 15) is 4.79 Å². The van der Waals surface area contributed by atoms with E-state index in [1.165, 1.54) is 6.21 Å². The number of ketones is 1. The highest BCUT2D eigenvalue weighted by Crippen LogP contribution is 1.97. The molecule has 0 fully saturated rings. The lowest BCUT2D eigenvalue weighted by molar-refractivity contribution is -0.119. The molecule has 1 rings (SSSR count). The summed E-state index contributed by atoms with van der Waals surface area (Å²) in [5.74, 6) is -0.0556. The van der Waals surface area contributed by atoms with Gasteiger partial charge in [0.25, 0.3) is 0 Å². The van der Waals surface area contributed by atoms with Crippen molar-refractivity contribution in [2.75, 3.05) is 0 Å². The first kappa shape index (κ1) is 4.30. The van der Waals surface area contributed by atoms with Crippen molar-refractivity contribution in [1.82, 2.24) is 0 Å². The Morgan fingerprint density at radius 3 is 2.86 bits per heavy atom. The number of hydrogen-bond donors (Lipinski definition) is 0. The number of rotatable bonds is 0. The summed E-state index contributed by atoms with van der Waals surface area (Å²) in [6.45, 7) is 1.66. The predicted octanol–water partition coefficient (Wildman–Crippen LogP) is -0.0400. The molecule has 0 saturated carbocycles. The second kappa shape index (κ2) is 1.33. The summed E-state index contributed by atoms with van der Waals surface area (Å²) in [7, 11) is 0. The van der Waals surface area contributed by atoms with Crippen molar-refractivity contribution in [1.29, 1.82) is 0 Å². The first-order chi connectivity index (χ1) is 3.30. The fraction of sp³-hybridized carbons (Fsp3) is 0.500. The Labute approximate surface area is 41.0 Å². The van der Waals surface area contributed by atoms with Crippen LogP contribution in [-0.4, -0.2) is 18.1 Å². The quantitative estimate of drug-likeness (QED) is 0.427. The monoisotopic (exact) mass is 99.0 g/mol. The van der Waals surface area contributed by atoms with Crippen LogP contribution in [0.2, 0.25) is 0 Å². The number of carbonyl (C=O) groups excluding carboxylic acids is 1. The van der Waals surface area contributed by atoms with E-state index in [1.807, 2.05) is 0 Å². The summed E-state index contributed by atoms with van der Waals surface area (Å²) >= 11 is 0. The first-order valence-corrected chi connectivity index (χ1v) is 2.04. The highest BCUT2D eigenvalue weighted by molar-refractivity contribution is 6.30. The maximum absolute atomic E-state index is 10.3. The molecule has 0 radical (unpaired) electrons. The summed E-state index contributed by atoms with van der Waals surface area (Å²) in [6, 6.07) is 0. The average Bonchev–Trinajstić information content (AvgIpc) is 1.91. The first-order valence-electron chi connectivity index (χ1n) is 2.04. The summed E-state index contributed by atoms with van der Waals surface area (Å²) in [4.78, 5) is 14.8. The molecule has 0 amide bonds. The third kappa shape index (κ3) is 0.607. The van der Waals surface area contributed by atoms with E-state index in [1.54, 1.807) is 6.92 Å². The lowest BCUT2D eigenvalue weighted by Crippen LogP contribution is -2.11. The second-order valence-electron chi connectivity index (χ2n) is 1.38. The van der Waals surface area contributed by atoms with Crippen LogP contribution in [-0.2, 0) is 9.63 Å². The molecule has 0 aliphatic carbocycles. The number of hydrogen-bond acceptors (Lipinski definition) is 3. The molecular weight excluding hydrogens is 94.0 g/mol. The molecule has 0 spiro atoms. The fourth-order valence-corrected chi connectivity index (χ4v) is 0.331. The van der Waals surface area contributed by atoms with Gasteiger partial charge >= 0.3 is 0 Å². The van der Waals surface area contributed by atoms with Gasteiger partial charge in [0.05, 0.1) is 0 Å². The molecule has 1 aliphatic rings. The summed E-state index contributed by atoms with van der Waals surface area (Å²) in [6.07, 6.45) is 0.838. The lowest BCUT2D eigenvalue weighted by atomic mass is 10.3. The minimum Gasteiger partial charge on any atom is -0.384 e. The molecular formula is C4H5NO2. The Morgan fingerprint density at radius 2 is 2.71 bits per heavy atom. The summed E-state index contributed by atoms with van der Waals surface area (Å²) in [5, 5.41) is 3.27. The molecule has 38 valence electrons. The molecule has 0 aromatic carbocycles. The van der Waals surface area contributed by atoms with E-state index in [0.717, 1.165) is 0 Å². The number of carbonyl (C=O) groups is 1. The van der Waals surface area contributed by atoms with Crippen LogP contribution in [0.5, 0.6) is 0 Å². The van der Waals surface area contributed by atoms with Gasteiger partial charge in [-0.15, -0.1) is 0 Å². The molecule has 0 saturated heterocycles. The van der Waals surface area contributed by atoms with Crippen molar-refractivity contribution < 1.29 is 9.63 Å². The van der Waals surface area contributed by atoms with Crippen molar-refractivity contribution in [3.63, 3.8) is 0 Å². The van der Waals surface area contributed by atoms with E-state index in [-0.39, 0.29) is 11.9 Å². The van der Waals surface area contributed by atoms with Crippen LogP contribution in [0.4, 0.5) is 0 Å². The van der Waals surface area contributed by atoms with Gasteiger partial charge in [0.2, 0.25) is 5.78 Å². The van der Waals surface area contributed by atoms with E-state index >= 15 is 0 Å². The largest absolute Gasteiger partial charge is 0.384 e. The van der Waals surface area contributed by atoms with E-state index < -0.39 is 0 Å². The molecule has 1 atom stereocenters. The van der Waals surface area contributed by atoms with Crippen LogP contribution in [0.1, 0.15) is 6.92 Å². The van der Waals surface area contributed by atoms with Crippen molar-refractivity contribution in [3.05, 3.63) is 0 Å². The van der Waals surface area contributed by atoms with Crippen LogP contribution in [0.3, 0.4) is 0 Å². The van der Waals surface area contributed by atoms with E-state index in [2.05, 4.69) is 9.99 Å². The van der Waals surface area contributed by atoms with Crippen LogP contribution >= 0.6 is 0 Å². The highest BCUT2D eigenvalue weighted by atomic mass is 16.6. The fourth-order valence-electron chi connectivity index (χ4n) is 0.331. The normalized spacial score (nSPS) is 28.1. The molecule has 0 N–H and O–H groups in total. The maximum Gasteiger partial charge on any atom is 0.220 e. The third-order valence-electron chi connectivity index (χ3n) is 0.800. The zero-order chi connectivity index (χ0) is 5.28.